The molecule has 3 nitrogen and oxygen atoms in total. The zero-order chi connectivity index (χ0) is 12.4. The zero-order valence-corrected chi connectivity index (χ0v) is 13.2. The Bertz CT molecular complexity index is 422. The number of nitrogens with two attached hydrogens (primary N) is 1. The molecule has 0 aliphatic heterocycles. The lowest BCUT2D eigenvalue weighted by molar-refractivity contribution is 0.0921. The van der Waals surface area contributed by atoms with Gasteiger partial charge in [-0.1, -0.05) is 12.8 Å². The molecule has 17 heavy (non-hydrogen) atoms. The van der Waals surface area contributed by atoms with Gasteiger partial charge in [-0.2, -0.15) is 0 Å². The highest BCUT2D eigenvalue weighted by molar-refractivity contribution is 9.12. The highest BCUT2D eigenvalue weighted by Crippen LogP contribution is 2.32. The van der Waals surface area contributed by atoms with E-state index in [1.54, 1.807) is 0 Å². The monoisotopic (exact) mass is 380 g/mol. The van der Waals surface area contributed by atoms with Crippen molar-refractivity contribution in [3.05, 3.63) is 19.2 Å². The molecule has 1 aliphatic rings. The Kier molecular flexibility index (Phi) is 4.63. The molecule has 2 unspecified atom stereocenters. The van der Waals surface area contributed by atoms with Crippen molar-refractivity contribution in [3.8, 4) is 0 Å². The van der Waals surface area contributed by atoms with Crippen LogP contribution in [0.1, 0.15) is 36.0 Å². The van der Waals surface area contributed by atoms with E-state index in [-0.39, 0.29) is 18.0 Å². The minimum atomic E-state index is -0.0406. The van der Waals surface area contributed by atoms with Gasteiger partial charge in [0.1, 0.15) is 0 Å². The first-order valence-electron chi connectivity index (χ1n) is 5.59. The number of rotatable bonds is 2. The Morgan fingerprint density at radius 1 is 1.41 bits per heavy atom. The van der Waals surface area contributed by atoms with Crippen molar-refractivity contribution < 1.29 is 4.79 Å². The van der Waals surface area contributed by atoms with Crippen molar-refractivity contribution in [1.29, 1.82) is 0 Å². The topological polar surface area (TPSA) is 55.1 Å². The van der Waals surface area contributed by atoms with Gasteiger partial charge < -0.3 is 11.1 Å². The Morgan fingerprint density at radius 3 is 2.71 bits per heavy atom. The number of carbonyl (C=O) groups excluding carboxylic acids is 1. The summed E-state index contributed by atoms with van der Waals surface area (Å²) in [5.41, 5.74) is 6.70. The van der Waals surface area contributed by atoms with E-state index in [0.717, 1.165) is 26.8 Å². The van der Waals surface area contributed by atoms with Gasteiger partial charge >= 0.3 is 0 Å². The second-order valence-corrected chi connectivity index (χ2v) is 8.02. The van der Waals surface area contributed by atoms with E-state index in [0.29, 0.717) is 5.56 Å². The van der Waals surface area contributed by atoms with Gasteiger partial charge in [0.2, 0.25) is 0 Å². The molecule has 1 aliphatic carbocycles. The van der Waals surface area contributed by atoms with Crippen molar-refractivity contribution in [2.24, 2.45) is 5.73 Å². The summed E-state index contributed by atoms with van der Waals surface area (Å²) >= 11 is 8.27. The molecule has 1 saturated carbocycles. The van der Waals surface area contributed by atoms with Crippen molar-refractivity contribution in [2.45, 2.75) is 37.8 Å². The van der Waals surface area contributed by atoms with Crippen LogP contribution in [0.5, 0.6) is 0 Å². The standard InChI is InChI=1S/C11H14Br2N2OS/c12-9-5-6(10(13)17-9)11(16)15-8-4-2-1-3-7(8)14/h5,7-8H,1-4,14H2,(H,15,16). The lowest BCUT2D eigenvalue weighted by Crippen LogP contribution is -2.49. The number of amides is 1. The molecule has 2 rings (SSSR count). The number of carbonyl (C=O) groups is 1. The van der Waals surface area contributed by atoms with E-state index < -0.39 is 0 Å². The molecule has 2 atom stereocenters. The fourth-order valence-corrected chi connectivity index (χ4v) is 4.87. The molecule has 94 valence electrons. The number of hydrogen-bond acceptors (Lipinski definition) is 3. The molecule has 6 heteroatoms. The van der Waals surface area contributed by atoms with E-state index in [9.17, 15) is 4.79 Å². The van der Waals surface area contributed by atoms with Crippen molar-refractivity contribution >= 4 is 49.1 Å². The van der Waals surface area contributed by atoms with Crippen LogP contribution in [0, 0.1) is 0 Å². The highest BCUT2D eigenvalue weighted by Gasteiger charge is 2.24. The quantitative estimate of drug-likeness (QED) is 0.825. The summed E-state index contributed by atoms with van der Waals surface area (Å²) in [6.07, 6.45) is 4.30. The molecule has 1 heterocycles. The summed E-state index contributed by atoms with van der Waals surface area (Å²) in [6.45, 7) is 0. The van der Waals surface area contributed by atoms with Crippen LogP contribution < -0.4 is 11.1 Å². The fourth-order valence-electron chi connectivity index (χ4n) is 2.08. The molecule has 1 aromatic rings. The number of nitrogens with one attached hydrogen (secondary N) is 1. The van der Waals surface area contributed by atoms with E-state index in [1.165, 1.54) is 17.8 Å². The smallest absolute Gasteiger partial charge is 0.253 e. The molecular formula is C11H14Br2N2OS. The van der Waals surface area contributed by atoms with Gasteiger partial charge in [0, 0.05) is 12.1 Å². The predicted molar refractivity (Wildman–Crippen MR) is 77.4 cm³/mol. The molecular weight excluding hydrogens is 368 g/mol. The highest BCUT2D eigenvalue weighted by atomic mass is 79.9. The van der Waals surface area contributed by atoms with Gasteiger partial charge in [0.15, 0.2) is 0 Å². The third-order valence-electron chi connectivity index (χ3n) is 3.04. The first-order chi connectivity index (χ1) is 8.08. The summed E-state index contributed by atoms with van der Waals surface area (Å²) in [7, 11) is 0. The molecule has 3 N–H and O–H groups in total. The zero-order valence-electron chi connectivity index (χ0n) is 9.21. The maximum absolute atomic E-state index is 12.1. The number of thiophene rings is 1. The molecule has 1 fully saturated rings. The first kappa shape index (κ1) is 13.5. The predicted octanol–water partition coefficient (Wildman–Crippen LogP) is 3.27. The normalized spacial score (nSPS) is 24.6. The van der Waals surface area contributed by atoms with Crippen LogP contribution >= 0.6 is 43.2 Å². The Hall–Kier alpha value is 0.0900. The molecule has 1 amide bonds. The number of halogens is 2. The first-order valence-corrected chi connectivity index (χ1v) is 7.99. The maximum atomic E-state index is 12.1. The van der Waals surface area contributed by atoms with Crippen LogP contribution in [-0.4, -0.2) is 18.0 Å². The molecule has 0 saturated heterocycles. The van der Waals surface area contributed by atoms with Gasteiger partial charge in [-0.3, -0.25) is 4.79 Å². The minimum Gasteiger partial charge on any atom is -0.348 e. The van der Waals surface area contributed by atoms with E-state index in [2.05, 4.69) is 37.2 Å². The SMILES string of the molecule is NC1CCCCC1NC(=O)c1cc(Br)sc1Br. The molecule has 0 radical (unpaired) electrons. The van der Waals surface area contributed by atoms with Crippen molar-refractivity contribution in [3.63, 3.8) is 0 Å². The molecule has 1 aromatic heterocycles. The largest absolute Gasteiger partial charge is 0.348 e. The lowest BCUT2D eigenvalue weighted by atomic mass is 9.91. The summed E-state index contributed by atoms with van der Waals surface area (Å²) in [6, 6.07) is 2.04. The van der Waals surface area contributed by atoms with Crippen molar-refractivity contribution in [2.75, 3.05) is 0 Å². The Labute approximate surface area is 121 Å². The van der Waals surface area contributed by atoms with Gasteiger partial charge in [0.05, 0.1) is 13.1 Å². The average Bonchev–Trinajstić information content (AvgIpc) is 2.61. The van der Waals surface area contributed by atoms with Crippen LogP contribution in [-0.2, 0) is 0 Å². The van der Waals surface area contributed by atoms with Crippen LogP contribution in [0.2, 0.25) is 0 Å². The molecule has 0 bridgehead atoms. The van der Waals surface area contributed by atoms with Gasteiger partial charge in [0.25, 0.3) is 5.91 Å². The van der Waals surface area contributed by atoms with Crippen LogP contribution in [0.4, 0.5) is 0 Å². The van der Waals surface area contributed by atoms with Crippen LogP contribution in [0.25, 0.3) is 0 Å². The van der Waals surface area contributed by atoms with Gasteiger partial charge in [-0.05, 0) is 50.8 Å². The maximum Gasteiger partial charge on any atom is 0.253 e. The molecule has 0 aromatic carbocycles. The third-order valence-corrected chi connectivity index (χ3v) is 5.38. The number of hydrogen-bond donors (Lipinski definition) is 2. The second kappa shape index (κ2) is 5.82. The average molecular weight is 382 g/mol. The van der Waals surface area contributed by atoms with E-state index in [4.69, 9.17) is 5.73 Å². The lowest BCUT2D eigenvalue weighted by Gasteiger charge is -2.29. The van der Waals surface area contributed by atoms with Crippen molar-refractivity contribution in [1.82, 2.24) is 5.32 Å². The minimum absolute atomic E-state index is 0.0406. The summed E-state index contributed by atoms with van der Waals surface area (Å²) in [4.78, 5) is 12.1. The van der Waals surface area contributed by atoms with Crippen LogP contribution in [0.3, 0.4) is 0 Å². The second-order valence-electron chi connectivity index (χ2n) is 4.27. The Morgan fingerprint density at radius 2 is 2.12 bits per heavy atom. The van der Waals surface area contributed by atoms with Crippen LogP contribution in [0.15, 0.2) is 13.6 Å². The van der Waals surface area contributed by atoms with E-state index in [1.807, 2.05) is 6.07 Å². The summed E-state index contributed by atoms with van der Waals surface area (Å²) in [5.74, 6) is -0.0406. The Balaban J connectivity index is 2.03. The fraction of sp³-hybridized carbons (Fsp3) is 0.545. The third kappa shape index (κ3) is 3.30. The molecule has 0 spiro atoms. The van der Waals surface area contributed by atoms with E-state index >= 15 is 0 Å². The summed E-state index contributed by atoms with van der Waals surface area (Å²) < 4.78 is 1.80. The van der Waals surface area contributed by atoms with Gasteiger partial charge in [-0.25, -0.2) is 0 Å². The summed E-state index contributed by atoms with van der Waals surface area (Å²) in [5, 5.41) is 3.03. The van der Waals surface area contributed by atoms with Gasteiger partial charge in [-0.15, -0.1) is 11.3 Å².